The maximum absolute atomic E-state index is 9.03. The molecule has 4 heterocycles. The molecule has 2 atom stereocenters. The summed E-state index contributed by atoms with van der Waals surface area (Å²) in [5, 5.41) is 21.1. The highest BCUT2D eigenvalue weighted by Crippen LogP contribution is 2.55. The van der Waals surface area contributed by atoms with Gasteiger partial charge in [-0.25, -0.2) is 20.5 Å². The molecule has 0 bridgehead atoms. The first kappa shape index (κ1) is 25.7. The van der Waals surface area contributed by atoms with Gasteiger partial charge in [-0.15, -0.1) is 22.7 Å². The molecule has 0 saturated heterocycles. The van der Waals surface area contributed by atoms with Crippen molar-refractivity contribution in [2.75, 3.05) is 0 Å². The number of rotatable bonds is 4. The molecule has 6 rings (SSSR count). The quantitative estimate of drug-likeness (QED) is 0.135. The van der Waals surface area contributed by atoms with Gasteiger partial charge in [0.2, 0.25) is 10.0 Å². The topological polar surface area (TPSA) is 107 Å². The van der Waals surface area contributed by atoms with Gasteiger partial charge in [-0.1, -0.05) is 58.0 Å². The van der Waals surface area contributed by atoms with Crippen molar-refractivity contribution in [2.24, 2.45) is 9.98 Å². The Hall–Kier alpha value is -4.56. The van der Waals surface area contributed by atoms with Crippen LogP contribution in [0, 0.1) is 35.8 Å². The zero-order valence-electron chi connectivity index (χ0n) is 20.8. The van der Waals surface area contributed by atoms with Crippen LogP contribution in [0.25, 0.3) is 40.6 Å². The van der Waals surface area contributed by atoms with E-state index in [1.807, 2.05) is 36.4 Å². The molecule has 12 heteroatoms. The molecule has 0 amide bonds. The summed E-state index contributed by atoms with van der Waals surface area (Å²) in [4.78, 5) is 28.9. The summed E-state index contributed by atoms with van der Waals surface area (Å²) in [6.07, 6.45) is 4.58. The maximum Gasteiger partial charge on any atom is 0.350 e. The second-order valence-corrected chi connectivity index (χ2v) is 13.0. The molecule has 2 aliphatic carbocycles. The van der Waals surface area contributed by atoms with Gasteiger partial charge >= 0.3 is 11.7 Å². The summed E-state index contributed by atoms with van der Waals surface area (Å²) >= 11 is 6.19. The summed E-state index contributed by atoms with van der Waals surface area (Å²) in [7, 11) is 0. The van der Waals surface area contributed by atoms with Crippen molar-refractivity contribution < 1.29 is 0 Å². The molecule has 190 valence electrons. The number of thiophene rings is 2. The first-order chi connectivity index (χ1) is 19.4. The van der Waals surface area contributed by atoms with E-state index in [-0.39, 0.29) is 23.5 Å². The SMILES string of the molecule is [C-]#[N+]C(C#N)=Nc1ccc(-c2nc3c(s2)C2C=C(C)c4nc(-c5ccc(N=C(C#N)[N+]#[C-])s5)sc4C2C=C3C)s1. The molecule has 0 N–H and O–H groups in total. The van der Waals surface area contributed by atoms with Gasteiger partial charge < -0.3 is 9.69 Å². The fourth-order valence-corrected chi connectivity index (χ4v) is 9.00. The van der Waals surface area contributed by atoms with E-state index in [9.17, 15) is 0 Å². The lowest BCUT2D eigenvalue weighted by Gasteiger charge is -2.30. The highest BCUT2D eigenvalue weighted by Gasteiger charge is 2.38. The Morgan fingerprint density at radius 2 is 1.18 bits per heavy atom. The van der Waals surface area contributed by atoms with Gasteiger partial charge in [-0.05, 0) is 49.3 Å². The molecule has 0 fully saturated rings. The van der Waals surface area contributed by atoms with E-state index in [1.165, 1.54) is 32.4 Å². The Bertz CT molecular complexity index is 1820. The number of thiazole rings is 2. The largest absolute Gasteiger partial charge is 0.351 e. The monoisotopic (exact) mass is 590 g/mol. The smallest absolute Gasteiger partial charge is 0.350 e. The van der Waals surface area contributed by atoms with Gasteiger partial charge in [0.25, 0.3) is 0 Å². The van der Waals surface area contributed by atoms with E-state index in [4.69, 9.17) is 33.6 Å². The van der Waals surface area contributed by atoms with Crippen LogP contribution in [0.2, 0.25) is 0 Å². The van der Waals surface area contributed by atoms with Crippen LogP contribution < -0.4 is 0 Å². The van der Waals surface area contributed by atoms with Crippen molar-refractivity contribution in [2.45, 2.75) is 25.7 Å². The number of hydrogen-bond donors (Lipinski definition) is 0. The molecule has 40 heavy (non-hydrogen) atoms. The van der Waals surface area contributed by atoms with E-state index >= 15 is 0 Å². The van der Waals surface area contributed by atoms with Crippen molar-refractivity contribution in [1.29, 1.82) is 10.5 Å². The van der Waals surface area contributed by atoms with E-state index in [1.54, 1.807) is 22.7 Å². The minimum Gasteiger partial charge on any atom is -0.351 e. The normalized spacial score (nSPS) is 17.8. The molecule has 8 nitrogen and oxygen atoms in total. The Labute approximate surface area is 245 Å². The second-order valence-electron chi connectivity index (χ2n) is 8.81. The number of nitrogens with zero attached hydrogens (tertiary/aromatic N) is 8. The average Bonchev–Trinajstić information content (AvgIpc) is 3.76. The maximum atomic E-state index is 9.03. The van der Waals surface area contributed by atoms with E-state index in [0.29, 0.717) is 10.0 Å². The highest BCUT2D eigenvalue weighted by molar-refractivity contribution is 7.24. The van der Waals surface area contributed by atoms with Crippen LogP contribution in [0.3, 0.4) is 0 Å². The van der Waals surface area contributed by atoms with Gasteiger partial charge in [0.1, 0.15) is 22.2 Å². The molecule has 0 spiro atoms. The number of hydrogen-bond acceptors (Lipinski definition) is 10. The summed E-state index contributed by atoms with van der Waals surface area (Å²) in [6, 6.07) is 11.1. The summed E-state index contributed by atoms with van der Waals surface area (Å²) < 4.78 is 0. The minimum absolute atomic E-state index is 0.149. The summed E-state index contributed by atoms with van der Waals surface area (Å²) in [5.41, 5.74) is 4.26. The lowest BCUT2D eigenvalue weighted by atomic mass is 9.77. The highest BCUT2D eigenvalue weighted by atomic mass is 32.1. The lowest BCUT2D eigenvalue weighted by Crippen LogP contribution is -2.16. The van der Waals surface area contributed by atoms with Crippen molar-refractivity contribution in [3.63, 3.8) is 0 Å². The fraction of sp³-hybridized carbons (Fsp3) is 0.143. The van der Waals surface area contributed by atoms with Crippen LogP contribution in [0.4, 0.5) is 10.0 Å². The lowest BCUT2D eigenvalue weighted by molar-refractivity contribution is 0.733. The Morgan fingerprint density at radius 3 is 1.55 bits per heavy atom. The van der Waals surface area contributed by atoms with Crippen molar-refractivity contribution in [3.8, 4) is 31.9 Å². The third kappa shape index (κ3) is 4.40. The van der Waals surface area contributed by atoms with Crippen LogP contribution in [-0.2, 0) is 0 Å². The third-order valence-electron chi connectivity index (χ3n) is 6.35. The fourth-order valence-electron chi connectivity index (χ4n) is 4.64. The minimum atomic E-state index is -0.183. The molecule has 2 aliphatic rings. The number of amidine groups is 2. The molecule has 0 radical (unpaired) electrons. The van der Waals surface area contributed by atoms with Crippen LogP contribution in [0.5, 0.6) is 0 Å². The average molecular weight is 591 g/mol. The Morgan fingerprint density at radius 1 is 0.750 bits per heavy atom. The van der Waals surface area contributed by atoms with E-state index < -0.39 is 0 Å². The standard InChI is InChI=1S/C28H14N8S4/c1-13-9-15-16(25-23(13)35-27(39-25)17-5-7-21(37-17)33-19(11-29)31-3)10-14(2)24-26(15)40-28(36-24)18-6-8-22(38-18)34-20(12-30)32-4/h5-10,15-16H,1-2H3. The number of aliphatic imine (C=N–C) groups is 2. The second kappa shape index (κ2) is 10.2. The van der Waals surface area contributed by atoms with Gasteiger partial charge in [-0.3, -0.25) is 0 Å². The van der Waals surface area contributed by atoms with E-state index in [0.717, 1.165) is 42.3 Å². The summed E-state index contributed by atoms with van der Waals surface area (Å²) in [6.45, 7) is 18.3. The molecule has 0 aliphatic heterocycles. The predicted octanol–water partition coefficient (Wildman–Crippen LogP) is 8.70. The first-order valence-corrected chi connectivity index (χ1v) is 15.0. The number of aromatic nitrogens is 2. The van der Waals surface area contributed by atoms with Crippen LogP contribution >= 0.6 is 45.3 Å². The zero-order chi connectivity index (χ0) is 28.0. The van der Waals surface area contributed by atoms with Crippen LogP contribution in [0.1, 0.15) is 46.8 Å². The molecular formula is C28H14N8S4. The number of fused-ring (bicyclic) bond motifs is 5. The van der Waals surface area contributed by atoms with Gasteiger partial charge in [0, 0.05) is 21.6 Å². The molecule has 0 aromatic carbocycles. The van der Waals surface area contributed by atoms with Gasteiger partial charge in [0.15, 0.2) is 0 Å². The summed E-state index contributed by atoms with van der Waals surface area (Å²) in [5.74, 6) is -0.0673. The molecule has 0 saturated carbocycles. The first-order valence-electron chi connectivity index (χ1n) is 11.7. The molecular weight excluding hydrogens is 577 g/mol. The number of nitriles is 2. The third-order valence-corrected chi connectivity index (χ3v) is 11.0. The van der Waals surface area contributed by atoms with Gasteiger partial charge in [0.05, 0.1) is 21.1 Å². The zero-order valence-corrected chi connectivity index (χ0v) is 24.1. The van der Waals surface area contributed by atoms with Crippen LogP contribution in [-0.4, -0.2) is 21.6 Å². The Kier molecular flexibility index (Phi) is 6.56. The van der Waals surface area contributed by atoms with Crippen LogP contribution in [0.15, 0.2) is 46.4 Å². The molecule has 4 aromatic rings. The van der Waals surface area contributed by atoms with Crippen molar-refractivity contribution in [1.82, 2.24) is 9.97 Å². The molecule has 4 aromatic heterocycles. The predicted molar refractivity (Wildman–Crippen MR) is 162 cm³/mol. The van der Waals surface area contributed by atoms with E-state index in [2.05, 4.69) is 45.7 Å². The van der Waals surface area contributed by atoms with Crippen molar-refractivity contribution >= 4 is 78.2 Å². The van der Waals surface area contributed by atoms with Crippen molar-refractivity contribution in [3.05, 3.63) is 80.4 Å². The molecule has 2 unspecified atom stereocenters. The number of allylic oxidation sites excluding steroid dienone is 4. The Balaban J connectivity index is 1.35. The van der Waals surface area contributed by atoms with Gasteiger partial charge in [-0.2, -0.15) is 0 Å².